The second-order valence-corrected chi connectivity index (χ2v) is 5.75. The Balaban J connectivity index is 4.68. The van der Waals surface area contributed by atoms with E-state index >= 15 is 0 Å². The van der Waals surface area contributed by atoms with Crippen LogP contribution in [0.5, 0.6) is 0 Å². The molecule has 0 aromatic heterocycles. The second kappa shape index (κ2) is 10.9. The van der Waals surface area contributed by atoms with E-state index in [0.29, 0.717) is 12.8 Å². The summed E-state index contributed by atoms with van der Waals surface area (Å²) in [5.74, 6) is -0.231. The van der Waals surface area contributed by atoms with Crippen molar-refractivity contribution in [1.82, 2.24) is 5.32 Å². The van der Waals surface area contributed by atoms with Crippen LogP contribution < -0.4 is 5.32 Å². The van der Waals surface area contributed by atoms with Gasteiger partial charge in [-0.05, 0) is 39.0 Å². The fourth-order valence-electron chi connectivity index (χ4n) is 1.85. The molecule has 5 heteroatoms. The lowest BCUT2D eigenvalue weighted by atomic mass is 10.0. The maximum Gasteiger partial charge on any atom is 0.407 e. The van der Waals surface area contributed by atoms with Crippen LogP contribution in [-0.2, 0) is 14.3 Å². The van der Waals surface area contributed by atoms with Crippen molar-refractivity contribution in [3.05, 3.63) is 24.8 Å². The predicted octanol–water partition coefficient (Wildman–Crippen LogP) is 3.60. The highest BCUT2D eigenvalue weighted by atomic mass is 16.6. The SMILES string of the molecule is C=C[C@H](CCC(=C)C)OC(=O)[C@H](CC(C)C)NC(=O)OCC. The number of alkyl carbamates (subject to hydrolysis) is 1. The van der Waals surface area contributed by atoms with E-state index < -0.39 is 18.1 Å². The van der Waals surface area contributed by atoms with Crippen LogP contribution >= 0.6 is 0 Å². The number of carbonyl (C=O) groups excluding carboxylic acids is 2. The minimum absolute atomic E-state index is 0.233. The van der Waals surface area contributed by atoms with Gasteiger partial charge in [-0.2, -0.15) is 0 Å². The van der Waals surface area contributed by atoms with Crippen LogP contribution in [0, 0.1) is 5.92 Å². The van der Waals surface area contributed by atoms with Gasteiger partial charge in [-0.1, -0.05) is 32.1 Å². The number of esters is 1. The molecule has 0 spiro atoms. The fourth-order valence-corrected chi connectivity index (χ4v) is 1.85. The number of allylic oxidation sites excluding steroid dienone is 1. The molecule has 0 saturated heterocycles. The van der Waals surface area contributed by atoms with Gasteiger partial charge < -0.3 is 14.8 Å². The van der Waals surface area contributed by atoms with E-state index in [1.807, 2.05) is 20.8 Å². The van der Waals surface area contributed by atoms with E-state index in [0.717, 1.165) is 12.0 Å². The molecule has 0 heterocycles. The smallest absolute Gasteiger partial charge is 0.407 e. The molecule has 126 valence electrons. The Morgan fingerprint density at radius 3 is 2.41 bits per heavy atom. The molecule has 0 aromatic carbocycles. The topological polar surface area (TPSA) is 64.6 Å². The molecular formula is C17H29NO4. The second-order valence-electron chi connectivity index (χ2n) is 5.75. The molecule has 0 aliphatic heterocycles. The molecule has 0 rings (SSSR count). The van der Waals surface area contributed by atoms with Gasteiger partial charge in [0.1, 0.15) is 12.1 Å². The Bertz CT molecular complexity index is 390. The van der Waals surface area contributed by atoms with Crippen molar-refractivity contribution >= 4 is 12.1 Å². The molecule has 0 aliphatic rings. The number of amides is 1. The Morgan fingerprint density at radius 1 is 1.32 bits per heavy atom. The lowest BCUT2D eigenvalue weighted by Crippen LogP contribution is -2.44. The molecule has 0 aromatic rings. The fraction of sp³-hybridized carbons (Fsp3) is 0.647. The number of rotatable bonds is 10. The minimum Gasteiger partial charge on any atom is -0.457 e. The van der Waals surface area contributed by atoms with Gasteiger partial charge >= 0.3 is 12.1 Å². The van der Waals surface area contributed by atoms with E-state index in [1.165, 1.54) is 0 Å². The molecule has 22 heavy (non-hydrogen) atoms. The Kier molecular flexibility index (Phi) is 10.00. The van der Waals surface area contributed by atoms with Gasteiger partial charge in [0.15, 0.2) is 0 Å². The van der Waals surface area contributed by atoms with Gasteiger partial charge in [-0.3, -0.25) is 0 Å². The molecule has 2 atom stereocenters. The maximum absolute atomic E-state index is 12.3. The highest BCUT2D eigenvalue weighted by Crippen LogP contribution is 2.13. The molecule has 0 saturated carbocycles. The van der Waals surface area contributed by atoms with Crippen LogP contribution in [0.2, 0.25) is 0 Å². The summed E-state index contributed by atoms with van der Waals surface area (Å²) in [6.07, 6.45) is 2.48. The third-order valence-corrected chi connectivity index (χ3v) is 2.95. The number of carbonyl (C=O) groups is 2. The van der Waals surface area contributed by atoms with Gasteiger partial charge in [0.25, 0.3) is 0 Å². The summed E-state index contributed by atoms with van der Waals surface area (Å²) >= 11 is 0. The lowest BCUT2D eigenvalue weighted by Gasteiger charge is -2.22. The van der Waals surface area contributed by atoms with E-state index in [-0.39, 0.29) is 18.6 Å². The van der Waals surface area contributed by atoms with E-state index in [2.05, 4.69) is 18.5 Å². The highest BCUT2D eigenvalue weighted by molar-refractivity contribution is 5.81. The largest absolute Gasteiger partial charge is 0.457 e. The summed E-state index contributed by atoms with van der Waals surface area (Å²) < 4.78 is 10.2. The van der Waals surface area contributed by atoms with Crippen LogP contribution in [0.15, 0.2) is 24.8 Å². The molecule has 0 radical (unpaired) electrons. The quantitative estimate of drug-likeness (QED) is 0.494. The first kappa shape index (κ1) is 20.2. The number of hydrogen-bond donors (Lipinski definition) is 1. The normalized spacial score (nSPS) is 13.1. The van der Waals surface area contributed by atoms with Gasteiger partial charge in [0.2, 0.25) is 0 Å². The Morgan fingerprint density at radius 2 is 1.95 bits per heavy atom. The monoisotopic (exact) mass is 311 g/mol. The van der Waals surface area contributed by atoms with Gasteiger partial charge in [0, 0.05) is 0 Å². The maximum atomic E-state index is 12.3. The first-order valence-electron chi connectivity index (χ1n) is 7.70. The van der Waals surface area contributed by atoms with Crippen molar-refractivity contribution < 1.29 is 19.1 Å². The van der Waals surface area contributed by atoms with E-state index in [1.54, 1.807) is 13.0 Å². The predicted molar refractivity (Wildman–Crippen MR) is 87.5 cm³/mol. The van der Waals surface area contributed by atoms with Crippen LogP contribution in [0.1, 0.15) is 47.0 Å². The molecule has 0 fully saturated rings. The first-order chi connectivity index (χ1) is 10.3. The summed E-state index contributed by atoms with van der Waals surface area (Å²) in [5.41, 5.74) is 1.02. The molecule has 1 amide bonds. The van der Waals surface area contributed by atoms with Crippen molar-refractivity contribution in [1.29, 1.82) is 0 Å². The van der Waals surface area contributed by atoms with Crippen molar-refractivity contribution in [2.45, 2.75) is 59.1 Å². The van der Waals surface area contributed by atoms with Gasteiger partial charge in [0.05, 0.1) is 6.61 Å². The average Bonchev–Trinajstić information content (AvgIpc) is 2.41. The Hall–Kier alpha value is -1.78. The summed E-state index contributed by atoms with van der Waals surface area (Å²) in [5, 5.41) is 2.56. The minimum atomic E-state index is -0.716. The lowest BCUT2D eigenvalue weighted by molar-refractivity contribution is -0.150. The summed E-state index contributed by atoms with van der Waals surface area (Å²) in [4.78, 5) is 23.8. The van der Waals surface area contributed by atoms with Crippen molar-refractivity contribution in [2.75, 3.05) is 6.61 Å². The van der Waals surface area contributed by atoms with Crippen LogP contribution in [0.3, 0.4) is 0 Å². The van der Waals surface area contributed by atoms with E-state index in [4.69, 9.17) is 9.47 Å². The molecule has 1 N–H and O–H groups in total. The standard InChI is InChI=1S/C17H29NO4/c1-7-14(10-9-12(3)4)22-16(19)15(11-13(5)6)18-17(20)21-8-2/h7,13-15H,1,3,8-11H2,2,4-6H3,(H,18,20)/t14-,15+/m1/s1. The average molecular weight is 311 g/mol. The summed E-state index contributed by atoms with van der Waals surface area (Å²) in [7, 11) is 0. The summed E-state index contributed by atoms with van der Waals surface area (Å²) in [6.45, 7) is 15.3. The highest BCUT2D eigenvalue weighted by Gasteiger charge is 2.25. The van der Waals surface area contributed by atoms with Crippen molar-refractivity contribution in [2.24, 2.45) is 5.92 Å². The third kappa shape index (κ3) is 9.21. The number of nitrogens with one attached hydrogen (secondary N) is 1. The van der Waals surface area contributed by atoms with Gasteiger partial charge in [-0.15, -0.1) is 6.58 Å². The zero-order chi connectivity index (χ0) is 17.1. The molecule has 0 unspecified atom stereocenters. The zero-order valence-corrected chi connectivity index (χ0v) is 14.2. The molecular weight excluding hydrogens is 282 g/mol. The molecule has 0 aliphatic carbocycles. The first-order valence-corrected chi connectivity index (χ1v) is 7.70. The molecule has 0 bridgehead atoms. The zero-order valence-electron chi connectivity index (χ0n) is 14.2. The Labute approximate surface area is 133 Å². The van der Waals surface area contributed by atoms with Crippen molar-refractivity contribution in [3.63, 3.8) is 0 Å². The third-order valence-electron chi connectivity index (χ3n) is 2.95. The number of ether oxygens (including phenoxy) is 2. The molecule has 5 nitrogen and oxygen atoms in total. The van der Waals surface area contributed by atoms with Crippen LogP contribution in [-0.4, -0.2) is 30.8 Å². The van der Waals surface area contributed by atoms with Crippen LogP contribution in [0.25, 0.3) is 0 Å². The van der Waals surface area contributed by atoms with Crippen molar-refractivity contribution in [3.8, 4) is 0 Å². The summed E-state index contributed by atoms with van der Waals surface area (Å²) in [6, 6.07) is -0.716. The number of hydrogen-bond acceptors (Lipinski definition) is 4. The van der Waals surface area contributed by atoms with Gasteiger partial charge in [-0.25, -0.2) is 9.59 Å². The van der Waals surface area contributed by atoms with E-state index in [9.17, 15) is 9.59 Å². The van der Waals surface area contributed by atoms with Crippen LogP contribution in [0.4, 0.5) is 4.79 Å².